The van der Waals surface area contributed by atoms with E-state index in [0.717, 1.165) is 4.90 Å². The topological polar surface area (TPSA) is 113 Å². The van der Waals surface area contributed by atoms with Gasteiger partial charge in [0.2, 0.25) is 12.2 Å². The molecule has 6 heteroatoms. The highest BCUT2D eigenvalue weighted by Crippen LogP contribution is 1.97. The van der Waals surface area contributed by atoms with E-state index >= 15 is 0 Å². The maximum absolute atomic E-state index is 10.9. The third-order valence-corrected chi connectivity index (χ3v) is 1.72. The average molecular weight is 199 g/mol. The summed E-state index contributed by atoms with van der Waals surface area (Å²) in [5.74, 6) is -0.581. The quantitative estimate of drug-likeness (QED) is 0.387. The van der Waals surface area contributed by atoms with Crippen LogP contribution in [0.1, 0.15) is 19.8 Å². The lowest BCUT2D eigenvalue weighted by molar-refractivity contribution is -0.125. The van der Waals surface area contributed by atoms with Gasteiger partial charge in [0.15, 0.2) is 5.96 Å². The van der Waals surface area contributed by atoms with Crippen LogP contribution in [0.25, 0.3) is 0 Å². The number of rotatable bonds is 5. The second kappa shape index (κ2) is 6.09. The summed E-state index contributed by atoms with van der Waals surface area (Å²) in [6.07, 6.45) is 2.59. The number of carbonyl (C=O) groups is 1. The number of guanidine groups is 1. The second-order valence-corrected chi connectivity index (χ2v) is 2.92. The van der Waals surface area contributed by atoms with Gasteiger partial charge >= 0.3 is 0 Å². The molecule has 0 saturated heterocycles. The number of amides is 1. The molecule has 0 heterocycles. The molecular formula is C8H15N4O2. The van der Waals surface area contributed by atoms with Crippen LogP contribution in [0.4, 0.5) is 0 Å². The molecule has 0 fully saturated rings. The van der Waals surface area contributed by atoms with Crippen LogP contribution in [0.15, 0.2) is 0 Å². The van der Waals surface area contributed by atoms with Gasteiger partial charge in [0.1, 0.15) is 0 Å². The normalized spacial score (nSPS) is 11.9. The first-order valence-electron chi connectivity index (χ1n) is 4.24. The van der Waals surface area contributed by atoms with Gasteiger partial charge in [0.25, 0.3) is 0 Å². The molecule has 0 aliphatic carbocycles. The predicted octanol–water partition coefficient (Wildman–Crippen LogP) is -1.05. The van der Waals surface area contributed by atoms with E-state index in [4.69, 9.17) is 16.9 Å². The van der Waals surface area contributed by atoms with Crippen molar-refractivity contribution in [1.29, 1.82) is 5.41 Å². The van der Waals surface area contributed by atoms with Crippen molar-refractivity contribution in [3.63, 3.8) is 0 Å². The minimum Gasteiger partial charge on any atom is -0.370 e. The summed E-state index contributed by atoms with van der Waals surface area (Å²) in [6, 6.07) is -0.629. The molecule has 1 radical (unpaired) electrons. The lowest BCUT2D eigenvalue weighted by Gasteiger charge is -2.18. The molecule has 1 atom stereocenters. The maximum atomic E-state index is 10.9. The van der Waals surface area contributed by atoms with Crippen molar-refractivity contribution in [2.75, 3.05) is 6.54 Å². The summed E-state index contributed by atoms with van der Waals surface area (Å²) in [5, 5.41) is 7.09. The van der Waals surface area contributed by atoms with E-state index in [1.54, 1.807) is 6.29 Å². The summed E-state index contributed by atoms with van der Waals surface area (Å²) in [6.45, 7) is 1.63. The van der Waals surface area contributed by atoms with Crippen molar-refractivity contribution in [2.24, 2.45) is 11.5 Å². The van der Waals surface area contributed by atoms with Gasteiger partial charge in [0.05, 0.1) is 6.04 Å². The van der Waals surface area contributed by atoms with Crippen molar-refractivity contribution in [2.45, 2.75) is 25.8 Å². The van der Waals surface area contributed by atoms with Gasteiger partial charge < -0.3 is 11.5 Å². The number of nitrogens with one attached hydrogen (secondary N) is 1. The largest absolute Gasteiger partial charge is 0.370 e. The molecule has 0 aromatic heterocycles. The second-order valence-electron chi connectivity index (χ2n) is 2.92. The van der Waals surface area contributed by atoms with Crippen molar-refractivity contribution >= 4 is 18.2 Å². The van der Waals surface area contributed by atoms with Crippen LogP contribution in [0.3, 0.4) is 0 Å². The molecule has 0 aromatic rings. The fourth-order valence-electron chi connectivity index (χ4n) is 0.976. The number of carbonyl (C=O) groups excluding carboxylic acids is 2. The predicted molar refractivity (Wildman–Crippen MR) is 52.2 cm³/mol. The van der Waals surface area contributed by atoms with Gasteiger partial charge in [-0.1, -0.05) is 0 Å². The van der Waals surface area contributed by atoms with Crippen LogP contribution in [0, 0.1) is 5.41 Å². The van der Waals surface area contributed by atoms with Gasteiger partial charge in [0, 0.05) is 13.5 Å². The summed E-state index contributed by atoms with van der Waals surface area (Å²) < 4.78 is 0. The molecule has 14 heavy (non-hydrogen) atoms. The number of nitrogens with zero attached hydrogens (tertiary/aromatic N) is 1. The fourth-order valence-corrected chi connectivity index (χ4v) is 0.976. The molecule has 0 saturated carbocycles. The molecular weight excluding hydrogens is 184 g/mol. The number of nitrogens with two attached hydrogens (primary N) is 2. The first-order chi connectivity index (χ1) is 6.49. The lowest BCUT2D eigenvalue weighted by atomic mass is 10.2. The smallest absolute Gasteiger partial charge is 0.226 e. The van der Waals surface area contributed by atoms with E-state index < -0.39 is 6.04 Å². The highest BCUT2D eigenvalue weighted by molar-refractivity contribution is 5.93. The molecule has 0 aliphatic rings. The Morgan fingerprint density at radius 3 is 2.57 bits per heavy atom. The van der Waals surface area contributed by atoms with E-state index in [9.17, 15) is 9.59 Å². The van der Waals surface area contributed by atoms with Gasteiger partial charge in [-0.15, -0.1) is 0 Å². The van der Waals surface area contributed by atoms with E-state index in [1.807, 2.05) is 0 Å². The molecule has 0 aliphatic heterocycles. The zero-order valence-electron chi connectivity index (χ0n) is 8.12. The van der Waals surface area contributed by atoms with Crippen LogP contribution >= 0.6 is 0 Å². The third-order valence-electron chi connectivity index (χ3n) is 1.72. The van der Waals surface area contributed by atoms with Gasteiger partial charge in [-0.05, 0) is 12.8 Å². The van der Waals surface area contributed by atoms with Crippen LogP contribution in [0.5, 0.6) is 0 Å². The van der Waals surface area contributed by atoms with Crippen LogP contribution in [-0.2, 0) is 9.59 Å². The maximum Gasteiger partial charge on any atom is 0.226 e. The van der Waals surface area contributed by atoms with Crippen LogP contribution in [-0.4, -0.2) is 35.6 Å². The standard InChI is InChI=1S/C8H15N4O2/c1-6(14)12(8(10)11)4-2-3-7(9)5-13/h7H,2-4,9H2,1H3,(H3,10,11)/t7-/m1/s1. The summed E-state index contributed by atoms with van der Waals surface area (Å²) in [5.41, 5.74) is 10.5. The molecule has 0 spiro atoms. The van der Waals surface area contributed by atoms with Crippen molar-refractivity contribution in [1.82, 2.24) is 4.90 Å². The van der Waals surface area contributed by atoms with Crippen molar-refractivity contribution < 1.29 is 9.59 Å². The van der Waals surface area contributed by atoms with Crippen molar-refractivity contribution in [3.8, 4) is 0 Å². The molecule has 0 unspecified atom stereocenters. The fraction of sp³-hybridized carbons (Fsp3) is 0.625. The molecule has 5 N–H and O–H groups in total. The monoisotopic (exact) mass is 199 g/mol. The van der Waals surface area contributed by atoms with Gasteiger partial charge in [-0.3, -0.25) is 19.9 Å². The Balaban J connectivity index is 3.89. The molecule has 79 valence electrons. The highest BCUT2D eigenvalue weighted by Gasteiger charge is 2.11. The Morgan fingerprint density at radius 1 is 1.64 bits per heavy atom. The van der Waals surface area contributed by atoms with Gasteiger partial charge in [-0.25, -0.2) is 0 Å². The van der Waals surface area contributed by atoms with E-state index in [2.05, 4.69) is 0 Å². The summed E-state index contributed by atoms with van der Waals surface area (Å²) >= 11 is 0. The van der Waals surface area contributed by atoms with E-state index in [-0.39, 0.29) is 11.9 Å². The first kappa shape index (κ1) is 12.6. The van der Waals surface area contributed by atoms with Crippen molar-refractivity contribution in [3.05, 3.63) is 0 Å². The highest BCUT2D eigenvalue weighted by atomic mass is 16.2. The van der Waals surface area contributed by atoms with Gasteiger partial charge in [-0.2, -0.15) is 0 Å². The Bertz CT molecular complexity index is 215. The first-order valence-corrected chi connectivity index (χ1v) is 4.24. The van der Waals surface area contributed by atoms with Crippen LogP contribution < -0.4 is 11.5 Å². The average Bonchev–Trinajstić information content (AvgIpc) is 2.10. The minimum atomic E-state index is -0.629. The molecule has 0 aromatic carbocycles. The zero-order chi connectivity index (χ0) is 11.1. The molecule has 0 rings (SSSR count). The molecule has 0 bridgehead atoms. The number of hydrogen-bond acceptors (Lipinski definition) is 4. The number of hydrogen-bond donors (Lipinski definition) is 3. The van der Waals surface area contributed by atoms with E-state index in [0.29, 0.717) is 19.4 Å². The third kappa shape index (κ3) is 4.56. The minimum absolute atomic E-state index is 0.291. The molecule has 6 nitrogen and oxygen atoms in total. The Morgan fingerprint density at radius 2 is 2.21 bits per heavy atom. The Kier molecular flexibility index (Phi) is 5.47. The molecule has 1 amide bonds. The SMILES string of the molecule is CC(=O)N(CCC[C@@H](N)[C]=O)C(=N)N. The van der Waals surface area contributed by atoms with Crippen LogP contribution in [0.2, 0.25) is 0 Å². The lowest BCUT2D eigenvalue weighted by Crippen LogP contribution is -2.41. The summed E-state index contributed by atoms with van der Waals surface area (Å²) in [7, 11) is 0. The summed E-state index contributed by atoms with van der Waals surface area (Å²) in [4.78, 5) is 22.1. The Labute approximate surface area is 82.7 Å². The zero-order valence-corrected chi connectivity index (χ0v) is 8.12. The van der Waals surface area contributed by atoms with E-state index in [1.165, 1.54) is 6.92 Å². The Hall–Kier alpha value is -1.43.